The second kappa shape index (κ2) is 4.86. The SMILES string of the molecule is CN1CCC(Oc2cccc(Cl)c2C(=O)O)C1=O. The van der Waals surface area contributed by atoms with Gasteiger partial charge in [0.1, 0.15) is 11.3 Å². The summed E-state index contributed by atoms with van der Waals surface area (Å²) in [6.07, 6.45) is -0.0902. The van der Waals surface area contributed by atoms with Gasteiger partial charge in [0.2, 0.25) is 0 Å². The van der Waals surface area contributed by atoms with Crippen molar-refractivity contribution in [1.29, 1.82) is 0 Å². The van der Waals surface area contributed by atoms with Crippen LogP contribution in [0.3, 0.4) is 0 Å². The number of rotatable bonds is 3. The second-order valence-corrected chi connectivity index (χ2v) is 4.48. The molecule has 2 rings (SSSR count). The summed E-state index contributed by atoms with van der Waals surface area (Å²) in [4.78, 5) is 24.3. The number of halogens is 1. The van der Waals surface area contributed by atoms with Crippen LogP contribution in [-0.4, -0.2) is 41.6 Å². The molecule has 1 N–H and O–H groups in total. The van der Waals surface area contributed by atoms with E-state index < -0.39 is 12.1 Å². The van der Waals surface area contributed by atoms with Gasteiger partial charge in [0.15, 0.2) is 6.10 Å². The van der Waals surface area contributed by atoms with Gasteiger partial charge in [-0.2, -0.15) is 0 Å². The Morgan fingerprint density at radius 2 is 2.28 bits per heavy atom. The van der Waals surface area contributed by atoms with Crippen molar-refractivity contribution in [2.45, 2.75) is 12.5 Å². The summed E-state index contributed by atoms with van der Waals surface area (Å²) in [7, 11) is 1.68. The minimum Gasteiger partial charge on any atom is -0.480 e. The molecule has 1 amide bonds. The van der Waals surface area contributed by atoms with Gasteiger partial charge in [-0.15, -0.1) is 0 Å². The summed E-state index contributed by atoms with van der Waals surface area (Å²) >= 11 is 5.82. The molecular weight excluding hydrogens is 258 g/mol. The maximum Gasteiger partial charge on any atom is 0.341 e. The fourth-order valence-electron chi connectivity index (χ4n) is 1.86. The summed E-state index contributed by atoms with van der Waals surface area (Å²) in [6.45, 7) is 0.604. The Kier molecular flexibility index (Phi) is 3.43. The quantitative estimate of drug-likeness (QED) is 0.906. The molecule has 6 heteroatoms. The molecule has 0 bridgehead atoms. The van der Waals surface area contributed by atoms with Gasteiger partial charge in [-0.05, 0) is 12.1 Å². The van der Waals surface area contributed by atoms with E-state index in [1.807, 2.05) is 0 Å². The first kappa shape index (κ1) is 12.7. The lowest BCUT2D eigenvalue weighted by atomic mass is 10.2. The average Bonchev–Trinajstić information content (AvgIpc) is 2.60. The van der Waals surface area contributed by atoms with Crippen molar-refractivity contribution in [3.05, 3.63) is 28.8 Å². The molecule has 0 aliphatic carbocycles. The molecule has 1 aromatic carbocycles. The molecule has 1 atom stereocenters. The number of likely N-dealkylation sites (tertiary alicyclic amines) is 1. The van der Waals surface area contributed by atoms with Gasteiger partial charge in [0.25, 0.3) is 5.91 Å². The molecule has 0 radical (unpaired) electrons. The predicted octanol–water partition coefficient (Wildman–Crippen LogP) is 1.65. The number of benzene rings is 1. The molecular formula is C12H12ClNO4. The van der Waals surface area contributed by atoms with Gasteiger partial charge >= 0.3 is 5.97 Å². The van der Waals surface area contributed by atoms with Crippen molar-refractivity contribution in [2.24, 2.45) is 0 Å². The standard InChI is InChI=1S/C12H12ClNO4/c1-14-6-5-9(11(14)15)18-8-4-2-3-7(13)10(8)12(16)17/h2-4,9H,5-6H2,1H3,(H,16,17). The number of ether oxygens (including phenoxy) is 1. The van der Waals surface area contributed by atoms with E-state index in [0.717, 1.165) is 0 Å². The number of amides is 1. The van der Waals surface area contributed by atoms with Gasteiger partial charge < -0.3 is 14.7 Å². The summed E-state index contributed by atoms with van der Waals surface area (Å²) < 4.78 is 5.47. The molecule has 0 saturated carbocycles. The fourth-order valence-corrected chi connectivity index (χ4v) is 2.11. The van der Waals surface area contributed by atoms with Crippen LogP contribution in [0.1, 0.15) is 16.8 Å². The van der Waals surface area contributed by atoms with Crippen molar-refractivity contribution in [1.82, 2.24) is 4.90 Å². The van der Waals surface area contributed by atoms with Gasteiger partial charge in [0.05, 0.1) is 5.02 Å². The number of carbonyl (C=O) groups excluding carboxylic acids is 1. The van der Waals surface area contributed by atoms with Crippen LogP contribution >= 0.6 is 11.6 Å². The Morgan fingerprint density at radius 1 is 1.56 bits per heavy atom. The van der Waals surface area contributed by atoms with Gasteiger partial charge in [-0.25, -0.2) is 4.79 Å². The molecule has 5 nitrogen and oxygen atoms in total. The van der Waals surface area contributed by atoms with Crippen LogP contribution in [0.5, 0.6) is 5.75 Å². The highest BCUT2D eigenvalue weighted by atomic mass is 35.5. The van der Waals surface area contributed by atoms with Gasteiger partial charge in [0, 0.05) is 20.0 Å². The Morgan fingerprint density at radius 3 is 2.83 bits per heavy atom. The number of carboxylic acid groups (broad SMARTS) is 1. The Labute approximate surface area is 109 Å². The highest BCUT2D eigenvalue weighted by molar-refractivity contribution is 6.33. The maximum atomic E-state index is 11.7. The molecule has 1 aliphatic rings. The van der Waals surface area contributed by atoms with Crippen molar-refractivity contribution >= 4 is 23.5 Å². The van der Waals surface area contributed by atoms with Crippen molar-refractivity contribution in [3.8, 4) is 5.75 Å². The Bertz CT molecular complexity index is 503. The number of carbonyl (C=O) groups is 2. The van der Waals surface area contributed by atoms with Crippen LogP contribution in [0.25, 0.3) is 0 Å². The lowest BCUT2D eigenvalue weighted by Gasteiger charge is -2.15. The zero-order chi connectivity index (χ0) is 13.3. The fraction of sp³-hybridized carbons (Fsp3) is 0.333. The number of likely N-dealkylation sites (N-methyl/N-ethyl adjacent to an activating group) is 1. The minimum atomic E-state index is -1.17. The lowest BCUT2D eigenvalue weighted by molar-refractivity contribution is -0.132. The van der Waals surface area contributed by atoms with E-state index >= 15 is 0 Å². The van der Waals surface area contributed by atoms with Crippen LogP contribution in [0.2, 0.25) is 5.02 Å². The van der Waals surface area contributed by atoms with E-state index in [1.54, 1.807) is 18.0 Å². The minimum absolute atomic E-state index is 0.0961. The second-order valence-electron chi connectivity index (χ2n) is 4.07. The zero-order valence-corrected chi connectivity index (χ0v) is 10.5. The molecule has 1 aromatic rings. The zero-order valence-electron chi connectivity index (χ0n) is 9.72. The van der Waals surface area contributed by atoms with Gasteiger partial charge in [-0.3, -0.25) is 4.79 Å². The summed E-state index contributed by atoms with van der Waals surface area (Å²) in [6, 6.07) is 4.56. The van der Waals surface area contributed by atoms with E-state index in [1.165, 1.54) is 12.1 Å². The molecule has 18 heavy (non-hydrogen) atoms. The molecule has 1 unspecified atom stereocenters. The smallest absolute Gasteiger partial charge is 0.341 e. The number of aromatic carboxylic acids is 1. The van der Waals surface area contributed by atoms with Crippen LogP contribution in [-0.2, 0) is 4.79 Å². The summed E-state index contributed by atoms with van der Waals surface area (Å²) in [5.41, 5.74) is -0.110. The van der Waals surface area contributed by atoms with Crippen LogP contribution < -0.4 is 4.74 Å². The van der Waals surface area contributed by atoms with Crippen molar-refractivity contribution < 1.29 is 19.4 Å². The molecule has 0 aromatic heterocycles. The third kappa shape index (κ3) is 2.26. The number of carboxylic acids is 1. The monoisotopic (exact) mass is 269 g/mol. The van der Waals surface area contributed by atoms with E-state index in [2.05, 4.69) is 0 Å². The first-order valence-corrected chi connectivity index (χ1v) is 5.82. The summed E-state index contributed by atoms with van der Waals surface area (Å²) in [5, 5.41) is 9.17. The third-order valence-electron chi connectivity index (χ3n) is 2.84. The third-order valence-corrected chi connectivity index (χ3v) is 3.15. The van der Waals surface area contributed by atoms with Crippen molar-refractivity contribution in [2.75, 3.05) is 13.6 Å². The summed E-state index contributed by atoms with van der Waals surface area (Å²) in [5.74, 6) is -1.19. The molecule has 0 spiro atoms. The van der Waals surface area contributed by atoms with Crippen LogP contribution in [0.4, 0.5) is 0 Å². The van der Waals surface area contributed by atoms with Gasteiger partial charge in [-0.1, -0.05) is 17.7 Å². The van der Waals surface area contributed by atoms with Crippen LogP contribution in [0, 0.1) is 0 Å². The molecule has 1 saturated heterocycles. The first-order chi connectivity index (χ1) is 8.50. The van der Waals surface area contributed by atoms with E-state index in [4.69, 9.17) is 21.4 Å². The highest BCUT2D eigenvalue weighted by Crippen LogP contribution is 2.28. The maximum absolute atomic E-state index is 11.7. The average molecular weight is 270 g/mol. The molecule has 96 valence electrons. The topological polar surface area (TPSA) is 66.8 Å². The lowest BCUT2D eigenvalue weighted by Crippen LogP contribution is -2.29. The Balaban J connectivity index is 2.27. The normalized spacial score (nSPS) is 19.1. The predicted molar refractivity (Wildman–Crippen MR) is 65.1 cm³/mol. The number of hydrogen-bond donors (Lipinski definition) is 1. The van der Waals surface area contributed by atoms with E-state index in [9.17, 15) is 9.59 Å². The largest absolute Gasteiger partial charge is 0.480 e. The Hall–Kier alpha value is -1.75. The molecule has 1 fully saturated rings. The van der Waals surface area contributed by atoms with E-state index in [0.29, 0.717) is 13.0 Å². The highest BCUT2D eigenvalue weighted by Gasteiger charge is 2.32. The molecule has 1 heterocycles. The molecule has 1 aliphatic heterocycles. The van der Waals surface area contributed by atoms with Crippen molar-refractivity contribution in [3.63, 3.8) is 0 Å². The van der Waals surface area contributed by atoms with Crippen LogP contribution in [0.15, 0.2) is 18.2 Å². The number of hydrogen-bond acceptors (Lipinski definition) is 3. The number of nitrogens with zero attached hydrogens (tertiary/aromatic N) is 1. The van der Waals surface area contributed by atoms with E-state index in [-0.39, 0.29) is 22.2 Å². The first-order valence-electron chi connectivity index (χ1n) is 5.44.